The molecule has 1 aromatic heterocycles. The second-order valence-electron chi connectivity index (χ2n) is 6.44. The minimum absolute atomic E-state index is 0.0945. The molecular formula is C23H25N3O4. The second kappa shape index (κ2) is 10.7. The van der Waals surface area contributed by atoms with Crippen molar-refractivity contribution in [3.8, 4) is 17.2 Å². The Labute approximate surface area is 175 Å². The fourth-order valence-corrected chi connectivity index (χ4v) is 2.77. The Kier molecular flexibility index (Phi) is 7.49. The fraction of sp³-hybridized carbons (Fsp3) is 0.217. The van der Waals surface area contributed by atoms with Gasteiger partial charge in [0.2, 0.25) is 0 Å². The van der Waals surface area contributed by atoms with Crippen LogP contribution in [0.25, 0.3) is 5.69 Å². The van der Waals surface area contributed by atoms with Gasteiger partial charge in [-0.3, -0.25) is 9.59 Å². The Hall–Kier alpha value is -3.74. The maximum atomic E-state index is 12.2. The van der Waals surface area contributed by atoms with Crippen molar-refractivity contribution in [2.45, 2.75) is 6.92 Å². The van der Waals surface area contributed by atoms with E-state index in [0.29, 0.717) is 31.0 Å². The molecule has 3 rings (SSSR count). The van der Waals surface area contributed by atoms with Crippen LogP contribution in [0.15, 0.2) is 73.1 Å². The van der Waals surface area contributed by atoms with Gasteiger partial charge in [0, 0.05) is 36.7 Å². The van der Waals surface area contributed by atoms with Crippen molar-refractivity contribution in [2.75, 3.05) is 26.3 Å². The molecule has 0 spiro atoms. The van der Waals surface area contributed by atoms with Gasteiger partial charge in [0.05, 0.1) is 6.61 Å². The van der Waals surface area contributed by atoms with E-state index in [-0.39, 0.29) is 18.4 Å². The first kappa shape index (κ1) is 21.0. The van der Waals surface area contributed by atoms with Crippen LogP contribution in [0.2, 0.25) is 0 Å². The molecule has 0 unspecified atom stereocenters. The summed E-state index contributed by atoms with van der Waals surface area (Å²) in [5.41, 5.74) is 1.55. The lowest BCUT2D eigenvalue weighted by atomic mass is 10.2. The zero-order chi connectivity index (χ0) is 21.2. The van der Waals surface area contributed by atoms with Crippen LogP contribution in [0.3, 0.4) is 0 Å². The third-order valence-electron chi connectivity index (χ3n) is 4.27. The van der Waals surface area contributed by atoms with Crippen LogP contribution < -0.4 is 20.1 Å². The summed E-state index contributed by atoms with van der Waals surface area (Å²) in [5, 5.41) is 5.50. The quantitative estimate of drug-likeness (QED) is 0.507. The number of carbonyl (C=O) groups is 2. The second-order valence-corrected chi connectivity index (χ2v) is 6.44. The molecule has 0 atom stereocenters. The van der Waals surface area contributed by atoms with Crippen molar-refractivity contribution < 1.29 is 19.1 Å². The van der Waals surface area contributed by atoms with Gasteiger partial charge < -0.3 is 24.7 Å². The molecule has 0 bridgehead atoms. The standard InChI is InChI=1S/C23H25N3O4/c1-2-29-20-9-11-21(12-10-20)30-17-22(27)24-13-14-25-23(28)18-5-7-19(8-6-18)26-15-3-4-16-26/h3-12,15-16H,2,13-14,17H2,1H3,(H,24,27)(H,25,28). The van der Waals surface area contributed by atoms with Crippen molar-refractivity contribution in [3.63, 3.8) is 0 Å². The number of amides is 2. The lowest BCUT2D eigenvalue weighted by Crippen LogP contribution is -2.36. The van der Waals surface area contributed by atoms with Crippen molar-refractivity contribution in [3.05, 3.63) is 78.6 Å². The zero-order valence-corrected chi connectivity index (χ0v) is 16.8. The Balaban J connectivity index is 1.34. The lowest BCUT2D eigenvalue weighted by Gasteiger charge is -2.10. The number of carbonyl (C=O) groups excluding carboxylic acids is 2. The molecule has 156 valence electrons. The van der Waals surface area contributed by atoms with Crippen LogP contribution in [0.5, 0.6) is 11.5 Å². The highest BCUT2D eigenvalue weighted by Gasteiger charge is 2.06. The Morgan fingerprint density at radius 2 is 1.43 bits per heavy atom. The van der Waals surface area contributed by atoms with E-state index in [4.69, 9.17) is 9.47 Å². The minimum atomic E-state index is -0.255. The van der Waals surface area contributed by atoms with E-state index in [1.807, 2.05) is 48.1 Å². The number of nitrogens with one attached hydrogen (secondary N) is 2. The highest BCUT2D eigenvalue weighted by molar-refractivity contribution is 5.94. The smallest absolute Gasteiger partial charge is 0.258 e. The highest BCUT2D eigenvalue weighted by Crippen LogP contribution is 2.17. The van der Waals surface area contributed by atoms with E-state index < -0.39 is 0 Å². The van der Waals surface area contributed by atoms with Crippen LogP contribution in [0, 0.1) is 0 Å². The van der Waals surface area contributed by atoms with E-state index in [0.717, 1.165) is 11.4 Å². The van der Waals surface area contributed by atoms with Crippen molar-refractivity contribution in [1.29, 1.82) is 0 Å². The van der Waals surface area contributed by atoms with Crippen molar-refractivity contribution in [2.24, 2.45) is 0 Å². The predicted molar refractivity (Wildman–Crippen MR) is 114 cm³/mol. The molecule has 0 saturated heterocycles. The third kappa shape index (κ3) is 6.13. The van der Waals surface area contributed by atoms with Crippen molar-refractivity contribution in [1.82, 2.24) is 15.2 Å². The van der Waals surface area contributed by atoms with Crippen molar-refractivity contribution >= 4 is 11.8 Å². The molecule has 7 heteroatoms. The monoisotopic (exact) mass is 407 g/mol. The molecule has 0 aliphatic heterocycles. The van der Waals surface area contributed by atoms with Crippen LogP contribution in [0.4, 0.5) is 0 Å². The molecule has 0 radical (unpaired) electrons. The number of nitrogens with zero attached hydrogens (tertiary/aromatic N) is 1. The molecule has 2 N–H and O–H groups in total. The number of ether oxygens (including phenoxy) is 2. The summed E-state index contributed by atoms with van der Waals surface area (Å²) in [6, 6.07) is 18.3. The number of rotatable bonds is 10. The summed E-state index contributed by atoms with van der Waals surface area (Å²) < 4.78 is 12.8. The number of benzene rings is 2. The molecule has 2 aromatic carbocycles. The first-order valence-electron chi connectivity index (χ1n) is 9.79. The zero-order valence-electron chi connectivity index (χ0n) is 16.8. The molecule has 0 aliphatic rings. The molecular weight excluding hydrogens is 382 g/mol. The van der Waals surface area contributed by atoms with Gasteiger partial charge in [-0.1, -0.05) is 0 Å². The Morgan fingerprint density at radius 1 is 0.833 bits per heavy atom. The van der Waals surface area contributed by atoms with E-state index >= 15 is 0 Å². The van der Waals surface area contributed by atoms with Gasteiger partial charge in [-0.05, 0) is 67.6 Å². The number of hydrogen-bond acceptors (Lipinski definition) is 4. The molecule has 2 amide bonds. The average Bonchev–Trinajstić information content (AvgIpc) is 3.31. The molecule has 0 fully saturated rings. The predicted octanol–water partition coefficient (Wildman–Crippen LogP) is 2.80. The third-order valence-corrected chi connectivity index (χ3v) is 4.27. The van der Waals surface area contributed by atoms with Gasteiger partial charge in [-0.15, -0.1) is 0 Å². The van der Waals surface area contributed by atoms with E-state index in [2.05, 4.69) is 10.6 Å². The van der Waals surface area contributed by atoms with Crippen LogP contribution in [-0.2, 0) is 4.79 Å². The van der Waals surface area contributed by atoms with Gasteiger partial charge in [0.1, 0.15) is 11.5 Å². The van der Waals surface area contributed by atoms with Gasteiger partial charge in [-0.2, -0.15) is 0 Å². The summed E-state index contributed by atoms with van der Waals surface area (Å²) in [6.07, 6.45) is 3.88. The average molecular weight is 407 g/mol. The van der Waals surface area contributed by atoms with Crippen LogP contribution in [0.1, 0.15) is 17.3 Å². The van der Waals surface area contributed by atoms with Gasteiger partial charge >= 0.3 is 0 Å². The SMILES string of the molecule is CCOc1ccc(OCC(=O)NCCNC(=O)c2ccc(-n3cccc3)cc2)cc1. The van der Waals surface area contributed by atoms with Gasteiger partial charge in [-0.25, -0.2) is 0 Å². The maximum Gasteiger partial charge on any atom is 0.258 e. The summed E-state index contributed by atoms with van der Waals surface area (Å²) in [4.78, 5) is 24.1. The molecule has 7 nitrogen and oxygen atoms in total. The first-order valence-corrected chi connectivity index (χ1v) is 9.79. The lowest BCUT2D eigenvalue weighted by molar-refractivity contribution is -0.123. The number of aromatic nitrogens is 1. The van der Waals surface area contributed by atoms with E-state index in [9.17, 15) is 9.59 Å². The largest absolute Gasteiger partial charge is 0.494 e. The molecule has 0 saturated carbocycles. The molecule has 30 heavy (non-hydrogen) atoms. The van der Waals surface area contributed by atoms with E-state index in [1.54, 1.807) is 36.4 Å². The molecule has 3 aromatic rings. The Bertz CT molecular complexity index is 936. The summed E-state index contributed by atoms with van der Waals surface area (Å²) in [6.45, 7) is 3.06. The first-order chi connectivity index (χ1) is 14.7. The van der Waals surface area contributed by atoms with Crippen LogP contribution >= 0.6 is 0 Å². The summed E-state index contributed by atoms with van der Waals surface area (Å²) >= 11 is 0. The van der Waals surface area contributed by atoms with Crippen LogP contribution in [-0.4, -0.2) is 42.7 Å². The number of hydrogen-bond donors (Lipinski definition) is 2. The fourth-order valence-electron chi connectivity index (χ4n) is 2.77. The summed E-state index contributed by atoms with van der Waals surface area (Å²) in [5.74, 6) is 0.901. The van der Waals surface area contributed by atoms with Gasteiger partial charge in [0.25, 0.3) is 11.8 Å². The molecule has 0 aliphatic carbocycles. The maximum absolute atomic E-state index is 12.2. The molecule has 1 heterocycles. The highest BCUT2D eigenvalue weighted by atomic mass is 16.5. The van der Waals surface area contributed by atoms with E-state index in [1.165, 1.54) is 0 Å². The minimum Gasteiger partial charge on any atom is -0.494 e. The van der Waals surface area contributed by atoms with Gasteiger partial charge in [0.15, 0.2) is 6.61 Å². The Morgan fingerprint density at radius 3 is 2.07 bits per heavy atom. The summed E-state index contributed by atoms with van der Waals surface area (Å²) in [7, 11) is 0. The normalized spacial score (nSPS) is 10.3. The topological polar surface area (TPSA) is 81.6 Å².